The van der Waals surface area contributed by atoms with Crippen LogP contribution in [-0.4, -0.2) is 0 Å². The van der Waals surface area contributed by atoms with Gasteiger partial charge in [0, 0.05) is 0 Å². The highest BCUT2D eigenvalue weighted by molar-refractivity contribution is 5.11. The zero-order valence-electron chi connectivity index (χ0n) is 4.93. The molecule has 1 aliphatic carbocycles. The average Bonchev–Trinajstić information content (AvgIpc) is 2.17. The highest BCUT2D eigenvalue weighted by Crippen LogP contribution is 1.93. The first kappa shape index (κ1) is 7.00. The molecule has 0 heterocycles. The summed E-state index contributed by atoms with van der Waals surface area (Å²) >= 11 is 0. The van der Waals surface area contributed by atoms with E-state index < -0.39 is 0 Å². The first-order valence-corrected chi connectivity index (χ1v) is 2.52. The van der Waals surface area contributed by atoms with Crippen molar-refractivity contribution in [3.63, 3.8) is 0 Å². The van der Waals surface area contributed by atoms with Crippen molar-refractivity contribution in [1.82, 2.24) is 0 Å². The fourth-order valence-corrected chi connectivity index (χ4v) is 0.393. The van der Waals surface area contributed by atoms with Crippen LogP contribution in [0.1, 0.15) is 6.42 Å². The molecular formula is C8H10. The van der Waals surface area contributed by atoms with E-state index in [0.717, 1.165) is 6.42 Å². The van der Waals surface area contributed by atoms with Gasteiger partial charge in [0.2, 0.25) is 0 Å². The Morgan fingerprint density at radius 3 is 1.62 bits per heavy atom. The molecule has 0 aliphatic heterocycles. The molecule has 8 heavy (non-hydrogen) atoms. The quantitative estimate of drug-likeness (QED) is 0.416. The van der Waals surface area contributed by atoms with Crippen LogP contribution in [0.15, 0.2) is 43.2 Å². The van der Waals surface area contributed by atoms with Gasteiger partial charge in [-0.3, -0.25) is 0 Å². The van der Waals surface area contributed by atoms with Crippen LogP contribution in [0.2, 0.25) is 0 Å². The second-order valence-corrected chi connectivity index (χ2v) is 1.34. The van der Waals surface area contributed by atoms with E-state index in [1.807, 2.05) is 0 Å². The van der Waals surface area contributed by atoms with Crippen LogP contribution in [0.4, 0.5) is 0 Å². The SMILES string of the molecule is C1=CCC=C1.C=C=C. The van der Waals surface area contributed by atoms with E-state index >= 15 is 0 Å². The molecule has 1 rings (SSSR count). The predicted molar refractivity (Wildman–Crippen MR) is 37.7 cm³/mol. The van der Waals surface area contributed by atoms with Crippen LogP contribution in [0, 0.1) is 0 Å². The molecule has 0 aromatic carbocycles. The van der Waals surface area contributed by atoms with E-state index in [2.05, 4.69) is 43.2 Å². The molecule has 0 N–H and O–H groups in total. The van der Waals surface area contributed by atoms with Gasteiger partial charge in [0.25, 0.3) is 0 Å². The molecule has 0 unspecified atom stereocenters. The molecule has 0 spiro atoms. The van der Waals surface area contributed by atoms with Gasteiger partial charge >= 0.3 is 0 Å². The van der Waals surface area contributed by atoms with Crippen LogP contribution < -0.4 is 0 Å². The van der Waals surface area contributed by atoms with E-state index in [9.17, 15) is 0 Å². The van der Waals surface area contributed by atoms with Crippen molar-refractivity contribution in [2.75, 3.05) is 0 Å². The third-order valence-corrected chi connectivity index (χ3v) is 0.655. The molecule has 0 saturated heterocycles. The van der Waals surface area contributed by atoms with Gasteiger partial charge in [0.05, 0.1) is 0 Å². The number of allylic oxidation sites excluding steroid dienone is 4. The number of hydrogen-bond acceptors (Lipinski definition) is 0. The molecule has 0 atom stereocenters. The van der Waals surface area contributed by atoms with E-state index in [1.165, 1.54) is 0 Å². The molecule has 0 aromatic rings. The molecule has 42 valence electrons. The van der Waals surface area contributed by atoms with E-state index in [0.29, 0.717) is 0 Å². The summed E-state index contributed by atoms with van der Waals surface area (Å²) in [5.74, 6) is 0. The molecule has 0 saturated carbocycles. The summed E-state index contributed by atoms with van der Waals surface area (Å²) < 4.78 is 0. The highest BCUT2D eigenvalue weighted by Gasteiger charge is 1.72. The molecule has 0 fully saturated rings. The van der Waals surface area contributed by atoms with Crippen LogP contribution in [-0.2, 0) is 0 Å². The molecule has 0 heteroatoms. The zero-order chi connectivity index (χ0) is 6.24. The first-order valence-electron chi connectivity index (χ1n) is 2.52. The van der Waals surface area contributed by atoms with Crippen molar-refractivity contribution >= 4 is 0 Å². The van der Waals surface area contributed by atoms with Gasteiger partial charge in [-0.2, -0.15) is 0 Å². The van der Waals surface area contributed by atoms with Crippen molar-refractivity contribution in [3.05, 3.63) is 43.2 Å². The van der Waals surface area contributed by atoms with Crippen LogP contribution in [0.5, 0.6) is 0 Å². The average molecular weight is 106 g/mol. The Bertz CT molecular complexity index is 111. The predicted octanol–water partition coefficient (Wildman–Crippen LogP) is 2.46. The maximum atomic E-state index is 3.12. The summed E-state index contributed by atoms with van der Waals surface area (Å²) in [6.07, 6.45) is 9.50. The molecule has 1 aliphatic rings. The maximum absolute atomic E-state index is 3.12. The lowest BCUT2D eigenvalue weighted by Gasteiger charge is -1.57. The van der Waals surface area contributed by atoms with Crippen molar-refractivity contribution < 1.29 is 0 Å². The Hall–Kier alpha value is -1.00. The van der Waals surface area contributed by atoms with Gasteiger partial charge in [-0.25, -0.2) is 0 Å². The Kier molecular flexibility index (Phi) is 5.25. The largest absolute Gasteiger partial charge is 0.137 e. The Balaban J connectivity index is 0.000000145. The fraction of sp³-hybridized carbons (Fsp3) is 0.125. The first-order chi connectivity index (χ1) is 3.91. The molecular weight excluding hydrogens is 96.1 g/mol. The minimum Gasteiger partial charge on any atom is -0.137 e. The van der Waals surface area contributed by atoms with E-state index in [1.54, 1.807) is 0 Å². The van der Waals surface area contributed by atoms with Gasteiger partial charge in [-0.1, -0.05) is 37.5 Å². The Labute approximate surface area is 50.5 Å². The Morgan fingerprint density at radius 1 is 1.12 bits per heavy atom. The summed E-state index contributed by atoms with van der Waals surface area (Å²) in [5.41, 5.74) is 2.25. The topological polar surface area (TPSA) is 0 Å². The minimum absolute atomic E-state index is 1.14. The van der Waals surface area contributed by atoms with Gasteiger partial charge < -0.3 is 0 Å². The second-order valence-electron chi connectivity index (χ2n) is 1.34. The van der Waals surface area contributed by atoms with Crippen LogP contribution >= 0.6 is 0 Å². The van der Waals surface area contributed by atoms with Crippen molar-refractivity contribution in [1.29, 1.82) is 0 Å². The number of rotatable bonds is 0. The maximum Gasteiger partial charge on any atom is -0.0163 e. The van der Waals surface area contributed by atoms with Gasteiger partial charge in [0.1, 0.15) is 0 Å². The lowest BCUT2D eigenvalue weighted by molar-refractivity contribution is 1.45. The van der Waals surface area contributed by atoms with Gasteiger partial charge in [-0.05, 0) is 6.42 Å². The van der Waals surface area contributed by atoms with Gasteiger partial charge in [-0.15, -0.1) is 5.73 Å². The smallest absolute Gasteiger partial charge is 0.0163 e. The monoisotopic (exact) mass is 106 g/mol. The van der Waals surface area contributed by atoms with Crippen molar-refractivity contribution in [3.8, 4) is 0 Å². The van der Waals surface area contributed by atoms with Crippen LogP contribution in [0.3, 0.4) is 0 Å². The highest BCUT2D eigenvalue weighted by atomic mass is 13.8. The fourth-order valence-electron chi connectivity index (χ4n) is 0.393. The van der Waals surface area contributed by atoms with Crippen molar-refractivity contribution in [2.24, 2.45) is 0 Å². The zero-order valence-corrected chi connectivity index (χ0v) is 4.93. The summed E-state index contributed by atoms with van der Waals surface area (Å²) in [7, 11) is 0. The van der Waals surface area contributed by atoms with E-state index in [4.69, 9.17) is 0 Å². The van der Waals surface area contributed by atoms with E-state index in [-0.39, 0.29) is 0 Å². The summed E-state index contributed by atoms with van der Waals surface area (Å²) in [6.45, 7) is 6.25. The summed E-state index contributed by atoms with van der Waals surface area (Å²) in [4.78, 5) is 0. The second kappa shape index (κ2) is 6.00. The molecule has 0 nitrogen and oxygen atoms in total. The number of hydrogen-bond donors (Lipinski definition) is 0. The van der Waals surface area contributed by atoms with Crippen molar-refractivity contribution in [2.45, 2.75) is 6.42 Å². The molecule has 0 amide bonds. The normalized spacial score (nSPS) is 12.0. The Morgan fingerprint density at radius 2 is 1.50 bits per heavy atom. The lowest BCUT2D eigenvalue weighted by Crippen LogP contribution is -1.37. The third-order valence-electron chi connectivity index (χ3n) is 0.655. The van der Waals surface area contributed by atoms with Gasteiger partial charge in [0.15, 0.2) is 0 Å². The summed E-state index contributed by atoms with van der Waals surface area (Å²) in [5, 5.41) is 0. The molecule has 0 bridgehead atoms. The third kappa shape index (κ3) is 5.00. The summed E-state index contributed by atoms with van der Waals surface area (Å²) in [6, 6.07) is 0. The molecule has 0 aromatic heterocycles. The minimum atomic E-state index is 1.14. The standard InChI is InChI=1S/C5H6.C3H4/c1-2-4-5-3-1;1-3-2/h1-4H,5H2;1-2H2. The molecule has 0 radical (unpaired) electrons. The van der Waals surface area contributed by atoms with Crippen LogP contribution in [0.25, 0.3) is 0 Å². The lowest BCUT2D eigenvalue weighted by atomic mass is 10.5.